The second-order valence-corrected chi connectivity index (χ2v) is 6.54. The second kappa shape index (κ2) is 11.3. The SMILES string of the molecule is COc1ccc(OCCNC(=O)/C(=C/c2ccco2)NC(=O)c2ccc(OC)cc2)cc1. The zero-order valence-electron chi connectivity index (χ0n) is 17.8. The highest BCUT2D eigenvalue weighted by atomic mass is 16.5. The van der Waals surface area contributed by atoms with Crippen molar-refractivity contribution in [3.63, 3.8) is 0 Å². The smallest absolute Gasteiger partial charge is 0.268 e. The van der Waals surface area contributed by atoms with E-state index < -0.39 is 11.8 Å². The Morgan fingerprint density at radius 1 is 0.906 bits per heavy atom. The highest BCUT2D eigenvalue weighted by Crippen LogP contribution is 2.17. The third-order valence-electron chi connectivity index (χ3n) is 4.39. The molecule has 0 unspecified atom stereocenters. The fourth-order valence-electron chi connectivity index (χ4n) is 2.71. The molecule has 3 aromatic rings. The Bertz CT molecular complexity index is 1040. The van der Waals surface area contributed by atoms with Crippen LogP contribution in [0.2, 0.25) is 0 Å². The lowest BCUT2D eigenvalue weighted by Gasteiger charge is -2.12. The van der Waals surface area contributed by atoms with Gasteiger partial charge in [0.2, 0.25) is 0 Å². The van der Waals surface area contributed by atoms with E-state index in [0.29, 0.717) is 22.8 Å². The van der Waals surface area contributed by atoms with E-state index in [4.69, 9.17) is 18.6 Å². The van der Waals surface area contributed by atoms with Gasteiger partial charge in [0.15, 0.2) is 0 Å². The summed E-state index contributed by atoms with van der Waals surface area (Å²) in [5, 5.41) is 5.36. The third kappa shape index (κ3) is 6.40. The van der Waals surface area contributed by atoms with Gasteiger partial charge in [0.05, 0.1) is 27.0 Å². The van der Waals surface area contributed by atoms with Gasteiger partial charge in [-0.25, -0.2) is 0 Å². The van der Waals surface area contributed by atoms with E-state index in [1.54, 1.807) is 74.9 Å². The van der Waals surface area contributed by atoms with E-state index in [-0.39, 0.29) is 18.8 Å². The van der Waals surface area contributed by atoms with Gasteiger partial charge in [-0.15, -0.1) is 0 Å². The largest absolute Gasteiger partial charge is 0.497 e. The normalized spacial score (nSPS) is 10.9. The maximum Gasteiger partial charge on any atom is 0.268 e. The lowest BCUT2D eigenvalue weighted by molar-refractivity contribution is -0.117. The van der Waals surface area contributed by atoms with Crippen LogP contribution in [0.25, 0.3) is 6.08 Å². The summed E-state index contributed by atoms with van der Waals surface area (Å²) in [6.07, 6.45) is 2.94. The molecular weight excluding hydrogens is 412 g/mol. The monoisotopic (exact) mass is 436 g/mol. The van der Waals surface area contributed by atoms with Crippen LogP contribution < -0.4 is 24.8 Å². The van der Waals surface area contributed by atoms with E-state index in [0.717, 1.165) is 5.75 Å². The first-order valence-corrected chi connectivity index (χ1v) is 9.84. The first-order valence-electron chi connectivity index (χ1n) is 9.84. The summed E-state index contributed by atoms with van der Waals surface area (Å²) in [6.45, 7) is 0.483. The summed E-state index contributed by atoms with van der Waals surface area (Å²) in [5.74, 6) is 1.53. The average Bonchev–Trinajstić information content (AvgIpc) is 3.35. The van der Waals surface area contributed by atoms with E-state index in [9.17, 15) is 9.59 Å². The fraction of sp³-hybridized carbons (Fsp3) is 0.167. The Hall–Kier alpha value is -4.20. The summed E-state index contributed by atoms with van der Waals surface area (Å²) >= 11 is 0. The summed E-state index contributed by atoms with van der Waals surface area (Å²) in [4.78, 5) is 25.3. The van der Waals surface area contributed by atoms with Gasteiger partial charge in [-0.1, -0.05) is 0 Å². The van der Waals surface area contributed by atoms with Crippen molar-refractivity contribution < 1.29 is 28.2 Å². The molecule has 8 heteroatoms. The van der Waals surface area contributed by atoms with Crippen LogP contribution in [-0.2, 0) is 4.79 Å². The zero-order valence-corrected chi connectivity index (χ0v) is 17.8. The molecule has 32 heavy (non-hydrogen) atoms. The molecule has 0 bridgehead atoms. The molecule has 0 saturated carbocycles. The number of hydrogen-bond donors (Lipinski definition) is 2. The molecule has 0 atom stereocenters. The summed E-state index contributed by atoms with van der Waals surface area (Å²) in [7, 11) is 3.13. The molecule has 0 aliphatic carbocycles. The number of carbonyl (C=O) groups is 2. The highest BCUT2D eigenvalue weighted by Gasteiger charge is 2.15. The van der Waals surface area contributed by atoms with Gasteiger partial charge in [0, 0.05) is 11.6 Å². The van der Waals surface area contributed by atoms with Crippen molar-refractivity contribution in [2.75, 3.05) is 27.4 Å². The third-order valence-corrected chi connectivity index (χ3v) is 4.39. The summed E-state index contributed by atoms with van der Waals surface area (Å²) in [5.41, 5.74) is 0.428. The van der Waals surface area contributed by atoms with Crippen LogP contribution in [0.5, 0.6) is 17.2 Å². The van der Waals surface area contributed by atoms with Gasteiger partial charge < -0.3 is 29.3 Å². The molecule has 1 aromatic heterocycles. The number of hydrogen-bond acceptors (Lipinski definition) is 6. The Morgan fingerprint density at radius 2 is 1.53 bits per heavy atom. The Labute approximate surface area is 185 Å². The molecule has 0 fully saturated rings. The molecule has 8 nitrogen and oxygen atoms in total. The highest BCUT2D eigenvalue weighted by molar-refractivity contribution is 6.05. The second-order valence-electron chi connectivity index (χ2n) is 6.54. The van der Waals surface area contributed by atoms with E-state index in [1.165, 1.54) is 12.3 Å². The van der Waals surface area contributed by atoms with Gasteiger partial charge in [0.25, 0.3) is 11.8 Å². The van der Waals surface area contributed by atoms with Crippen LogP contribution >= 0.6 is 0 Å². The molecule has 2 N–H and O–H groups in total. The van der Waals surface area contributed by atoms with Gasteiger partial charge in [-0.2, -0.15) is 0 Å². The average molecular weight is 436 g/mol. The molecule has 0 aliphatic heterocycles. The van der Waals surface area contributed by atoms with Gasteiger partial charge in [-0.3, -0.25) is 9.59 Å². The first kappa shape index (κ1) is 22.5. The minimum Gasteiger partial charge on any atom is -0.497 e. The lowest BCUT2D eigenvalue weighted by Crippen LogP contribution is -2.36. The minimum absolute atomic E-state index is 0.0465. The molecule has 3 rings (SSSR count). The predicted molar refractivity (Wildman–Crippen MR) is 119 cm³/mol. The number of amides is 2. The van der Waals surface area contributed by atoms with Crippen molar-refractivity contribution in [2.24, 2.45) is 0 Å². The van der Waals surface area contributed by atoms with Crippen LogP contribution in [0.4, 0.5) is 0 Å². The number of carbonyl (C=O) groups excluding carboxylic acids is 2. The number of methoxy groups -OCH3 is 2. The van der Waals surface area contributed by atoms with Gasteiger partial charge in [-0.05, 0) is 60.7 Å². The molecule has 2 aromatic carbocycles. The van der Waals surface area contributed by atoms with Crippen molar-refractivity contribution in [2.45, 2.75) is 0 Å². The summed E-state index contributed by atoms with van der Waals surface area (Å²) in [6, 6.07) is 17.0. The number of ether oxygens (including phenoxy) is 3. The lowest BCUT2D eigenvalue weighted by atomic mass is 10.2. The fourth-order valence-corrected chi connectivity index (χ4v) is 2.71. The van der Waals surface area contributed by atoms with Crippen LogP contribution in [0, 0.1) is 0 Å². The van der Waals surface area contributed by atoms with Gasteiger partial charge >= 0.3 is 0 Å². The van der Waals surface area contributed by atoms with Crippen molar-refractivity contribution in [3.8, 4) is 17.2 Å². The predicted octanol–water partition coefficient (Wildman–Crippen LogP) is 3.26. The molecular formula is C24H24N2O6. The number of rotatable bonds is 10. The van der Waals surface area contributed by atoms with Crippen molar-refractivity contribution in [1.29, 1.82) is 0 Å². The topological polar surface area (TPSA) is 99.0 Å². The van der Waals surface area contributed by atoms with Crippen LogP contribution in [-0.4, -0.2) is 39.2 Å². The van der Waals surface area contributed by atoms with E-state index in [2.05, 4.69) is 10.6 Å². The molecule has 0 spiro atoms. The molecule has 1 heterocycles. The Kier molecular flexibility index (Phi) is 7.91. The van der Waals surface area contributed by atoms with Crippen molar-refractivity contribution in [3.05, 3.63) is 83.9 Å². The van der Waals surface area contributed by atoms with E-state index in [1.807, 2.05) is 0 Å². The minimum atomic E-state index is -0.471. The van der Waals surface area contributed by atoms with Crippen molar-refractivity contribution >= 4 is 17.9 Å². The van der Waals surface area contributed by atoms with Crippen LogP contribution in [0.3, 0.4) is 0 Å². The molecule has 166 valence electrons. The first-order chi connectivity index (χ1) is 15.6. The van der Waals surface area contributed by atoms with Crippen LogP contribution in [0.15, 0.2) is 77.0 Å². The maximum atomic E-state index is 12.7. The zero-order chi connectivity index (χ0) is 22.8. The number of nitrogens with one attached hydrogen (secondary N) is 2. The molecule has 0 radical (unpaired) electrons. The van der Waals surface area contributed by atoms with E-state index >= 15 is 0 Å². The molecule has 0 aliphatic rings. The number of furan rings is 1. The van der Waals surface area contributed by atoms with Crippen molar-refractivity contribution in [1.82, 2.24) is 10.6 Å². The summed E-state index contributed by atoms with van der Waals surface area (Å²) < 4.78 is 21.1. The Balaban J connectivity index is 1.60. The Morgan fingerprint density at radius 3 is 2.12 bits per heavy atom. The standard InChI is InChI=1S/C24H24N2O6/c1-29-18-7-5-17(6-8-18)23(27)26-22(16-21-4-3-14-31-21)24(28)25-13-15-32-20-11-9-19(30-2)10-12-20/h3-12,14,16H,13,15H2,1-2H3,(H,25,28)(H,26,27)/b22-16-. The number of benzene rings is 2. The quantitative estimate of drug-likeness (QED) is 0.374. The molecule has 0 saturated heterocycles. The molecule has 2 amide bonds. The van der Waals surface area contributed by atoms with Gasteiger partial charge in [0.1, 0.15) is 35.3 Å². The maximum absolute atomic E-state index is 12.7. The van der Waals surface area contributed by atoms with Crippen LogP contribution in [0.1, 0.15) is 16.1 Å².